The fraction of sp³-hybridized carbons (Fsp3) is 0.588. The number of rotatable bonds is 5. The summed E-state index contributed by atoms with van der Waals surface area (Å²) < 4.78 is 32.5. The van der Waals surface area contributed by atoms with E-state index in [-0.39, 0.29) is 11.8 Å². The van der Waals surface area contributed by atoms with Gasteiger partial charge in [0.05, 0.1) is 30.4 Å². The van der Waals surface area contributed by atoms with Crippen LogP contribution in [0.25, 0.3) is 0 Å². The van der Waals surface area contributed by atoms with E-state index < -0.39 is 15.4 Å². The Kier molecular flexibility index (Phi) is 4.11. The highest BCUT2D eigenvalue weighted by Crippen LogP contribution is 2.48. The van der Waals surface area contributed by atoms with Crippen LogP contribution in [0.1, 0.15) is 37.8 Å². The first kappa shape index (κ1) is 16.3. The molecule has 2 aliphatic rings. The van der Waals surface area contributed by atoms with E-state index in [0.717, 1.165) is 17.7 Å². The molecule has 1 saturated heterocycles. The molecule has 0 bridgehead atoms. The molecule has 1 aliphatic carbocycles. The van der Waals surface area contributed by atoms with Gasteiger partial charge in [0.1, 0.15) is 5.75 Å². The van der Waals surface area contributed by atoms with Gasteiger partial charge in [-0.05, 0) is 42.9 Å². The largest absolute Gasteiger partial charge is 0.497 e. The van der Waals surface area contributed by atoms with Gasteiger partial charge in [0.2, 0.25) is 10.0 Å². The zero-order valence-corrected chi connectivity index (χ0v) is 14.3. The van der Waals surface area contributed by atoms with Crippen molar-refractivity contribution in [2.45, 2.75) is 32.2 Å². The van der Waals surface area contributed by atoms with Gasteiger partial charge in [-0.2, -0.15) is 9.57 Å². The molecule has 1 aromatic rings. The van der Waals surface area contributed by atoms with Crippen LogP contribution in [0.5, 0.6) is 5.75 Å². The lowest BCUT2D eigenvalue weighted by atomic mass is 10.0. The van der Waals surface area contributed by atoms with Gasteiger partial charge in [0, 0.05) is 6.54 Å². The van der Waals surface area contributed by atoms with Crippen molar-refractivity contribution in [2.75, 3.05) is 19.4 Å². The maximum Gasteiger partial charge on any atom is 0.216 e. The van der Waals surface area contributed by atoms with Crippen LogP contribution in [0, 0.1) is 22.7 Å². The second-order valence-corrected chi connectivity index (χ2v) is 8.77. The van der Waals surface area contributed by atoms with E-state index in [0.29, 0.717) is 25.3 Å². The summed E-state index contributed by atoms with van der Waals surface area (Å²) in [6.45, 7) is 2.60. The highest BCUT2D eigenvalue weighted by molar-refractivity contribution is 7.89. The van der Waals surface area contributed by atoms with Crippen molar-refractivity contribution >= 4 is 10.0 Å². The topological polar surface area (TPSA) is 70.4 Å². The lowest BCUT2D eigenvalue weighted by molar-refractivity contribution is 0.389. The Bertz CT molecular complexity index is 717. The molecular weight excluding hydrogens is 312 g/mol. The van der Waals surface area contributed by atoms with Crippen LogP contribution in [0.4, 0.5) is 0 Å². The molecule has 0 N–H and O–H groups in total. The van der Waals surface area contributed by atoms with Gasteiger partial charge in [0.15, 0.2) is 0 Å². The number of ether oxygens (including phenoxy) is 1. The number of nitrogens with zero attached hydrogens (tertiary/aromatic N) is 2. The normalized spacial score (nSPS) is 26.7. The van der Waals surface area contributed by atoms with E-state index in [1.54, 1.807) is 11.4 Å². The Labute approximate surface area is 137 Å². The molecule has 1 aliphatic heterocycles. The molecule has 1 aromatic carbocycles. The summed E-state index contributed by atoms with van der Waals surface area (Å²) in [4.78, 5) is 0. The van der Waals surface area contributed by atoms with Crippen molar-refractivity contribution in [1.82, 2.24) is 4.31 Å². The maximum absolute atomic E-state index is 12.8. The van der Waals surface area contributed by atoms with Crippen molar-refractivity contribution in [3.63, 3.8) is 0 Å². The molecule has 2 fully saturated rings. The lowest BCUT2D eigenvalue weighted by Gasteiger charge is -2.25. The molecule has 1 saturated carbocycles. The molecule has 0 unspecified atom stereocenters. The minimum Gasteiger partial charge on any atom is -0.497 e. The van der Waals surface area contributed by atoms with E-state index in [2.05, 4.69) is 13.0 Å². The highest BCUT2D eigenvalue weighted by atomic mass is 32.2. The third kappa shape index (κ3) is 3.22. The van der Waals surface area contributed by atoms with Gasteiger partial charge in [-0.25, -0.2) is 8.42 Å². The summed E-state index contributed by atoms with van der Waals surface area (Å²) >= 11 is 0. The zero-order valence-electron chi connectivity index (χ0n) is 13.5. The minimum atomic E-state index is -3.43. The van der Waals surface area contributed by atoms with Crippen LogP contribution in [-0.4, -0.2) is 32.1 Å². The second-order valence-electron chi connectivity index (χ2n) is 6.85. The van der Waals surface area contributed by atoms with Gasteiger partial charge in [-0.3, -0.25) is 0 Å². The first-order valence-electron chi connectivity index (χ1n) is 7.94. The fourth-order valence-electron chi connectivity index (χ4n) is 3.31. The van der Waals surface area contributed by atoms with E-state index in [1.807, 2.05) is 24.3 Å². The molecule has 2 atom stereocenters. The standard InChI is InChI=1S/C17H22N2O3S/c1-13-9-16(14-3-5-15(22-2)6-4-14)19(10-13)23(20,21)12-17(11-18)7-8-17/h3-6,13,16H,7-10,12H2,1-2H3/t13-,16-/m0/s1. The Morgan fingerprint density at radius 3 is 2.52 bits per heavy atom. The smallest absolute Gasteiger partial charge is 0.216 e. The molecule has 1 heterocycles. The summed E-state index contributed by atoms with van der Waals surface area (Å²) in [5.41, 5.74) is 0.343. The van der Waals surface area contributed by atoms with Crippen LogP contribution < -0.4 is 4.74 Å². The molecule has 5 nitrogen and oxygen atoms in total. The van der Waals surface area contributed by atoms with Crippen LogP contribution in [0.3, 0.4) is 0 Å². The van der Waals surface area contributed by atoms with Gasteiger partial charge in [0.25, 0.3) is 0 Å². The highest BCUT2D eigenvalue weighted by Gasteiger charge is 2.50. The molecule has 3 rings (SSSR count). The minimum absolute atomic E-state index is 0.0458. The van der Waals surface area contributed by atoms with Crippen molar-refractivity contribution in [3.8, 4) is 11.8 Å². The quantitative estimate of drug-likeness (QED) is 0.830. The molecule has 6 heteroatoms. The molecule has 0 spiro atoms. The Morgan fingerprint density at radius 1 is 1.35 bits per heavy atom. The Morgan fingerprint density at radius 2 is 2.00 bits per heavy atom. The number of hydrogen-bond acceptors (Lipinski definition) is 4. The maximum atomic E-state index is 12.8. The van der Waals surface area contributed by atoms with Gasteiger partial charge < -0.3 is 4.74 Å². The van der Waals surface area contributed by atoms with Crippen LogP contribution in [0.15, 0.2) is 24.3 Å². The molecule has 0 aromatic heterocycles. The van der Waals surface area contributed by atoms with Gasteiger partial charge in [-0.15, -0.1) is 0 Å². The number of hydrogen-bond donors (Lipinski definition) is 0. The molecule has 0 radical (unpaired) electrons. The van der Waals surface area contributed by atoms with Crippen molar-refractivity contribution < 1.29 is 13.2 Å². The summed E-state index contributed by atoms with van der Waals surface area (Å²) in [5, 5.41) is 9.21. The van der Waals surface area contributed by atoms with Crippen molar-refractivity contribution in [3.05, 3.63) is 29.8 Å². The summed E-state index contributed by atoms with van der Waals surface area (Å²) in [5.74, 6) is 1.03. The third-order valence-electron chi connectivity index (χ3n) is 4.87. The first-order chi connectivity index (χ1) is 10.9. The fourth-order valence-corrected chi connectivity index (χ4v) is 5.61. The monoisotopic (exact) mass is 334 g/mol. The van der Waals surface area contributed by atoms with Gasteiger partial charge in [-0.1, -0.05) is 19.1 Å². The predicted octanol–water partition coefficient (Wildman–Crippen LogP) is 2.71. The van der Waals surface area contributed by atoms with Crippen LogP contribution >= 0.6 is 0 Å². The van der Waals surface area contributed by atoms with E-state index >= 15 is 0 Å². The van der Waals surface area contributed by atoms with E-state index in [9.17, 15) is 13.7 Å². The summed E-state index contributed by atoms with van der Waals surface area (Å²) in [6.07, 6.45) is 2.20. The number of nitriles is 1. The lowest BCUT2D eigenvalue weighted by Crippen LogP contribution is -2.35. The van der Waals surface area contributed by atoms with Gasteiger partial charge >= 0.3 is 0 Å². The average molecular weight is 334 g/mol. The van der Waals surface area contributed by atoms with Crippen molar-refractivity contribution in [2.24, 2.45) is 11.3 Å². The Balaban J connectivity index is 1.85. The molecule has 23 heavy (non-hydrogen) atoms. The summed E-state index contributed by atoms with van der Waals surface area (Å²) in [6, 6.07) is 9.63. The zero-order chi connectivity index (χ0) is 16.7. The van der Waals surface area contributed by atoms with E-state index in [4.69, 9.17) is 4.74 Å². The van der Waals surface area contributed by atoms with Crippen LogP contribution in [-0.2, 0) is 10.0 Å². The predicted molar refractivity (Wildman–Crippen MR) is 87.3 cm³/mol. The number of methoxy groups -OCH3 is 1. The van der Waals surface area contributed by atoms with Crippen LogP contribution in [0.2, 0.25) is 0 Å². The Hall–Kier alpha value is -1.58. The number of benzene rings is 1. The van der Waals surface area contributed by atoms with Crippen molar-refractivity contribution in [1.29, 1.82) is 5.26 Å². The SMILES string of the molecule is COc1ccc([C@@H]2C[C@H](C)CN2S(=O)(=O)CC2(C#N)CC2)cc1. The average Bonchev–Trinajstić information content (AvgIpc) is 3.18. The molecule has 0 amide bonds. The van der Waals surface area contributed by atoms with E-state index in [1.165, 1.54) is 0 Å². The number of sulfonamides is 1. The molecular formula is C17H22N2O3S. The summed E-state index contributed by atoms with van der Waals surface area (Å²) in [7, 11) is -1.82. The molecule has 124 valence electrons. The second kappa shape index (κ2) is 5.81. The third-order valence-corrected chi connectivity index (χ3v) is 6.91. The first-order valence-corrected chi connectivity index (χ1v) is 9.55.